The molecule has 2 fully saturated rings. The molecule has 31 heavy (non-hydrogen) atoms. The van der Waals surface area contributed by atoms with Gasteiger partial charge in [0, 0.05) is 62.9 Å². The van der Waals surface area contributed by atoms with Crippen LogP contribution in [0.1, 0.15) is 13.8 Å². The van der Waals surface area contributed by atoms with E-state index >= 15 is 0 Å². The minimum absolute atomic E-state index is 0.0580. The molecule has 4 rings (SSSR count). The van der Waals surface area contributed by atoms with E-state index in [1.54, 1.807) is 12.1 Å². The fourth-order valence-corrected chi connectivity index (χ4v) is 4.16. The lowest BCUT2D eigenvalue weighted by Crippen LogP contribution is -2.46. The molecule has 2 aromatic rings. The molecule has 0 atom stereocenters. The fourth-order valence-electron chi connectivity index (χ4n) is 4.16. The predicted molar refractivity (Wildman–Crippen MR) is 124 cm³/mol. The first-order valence-corrected chi connectivity index (χ1v) is 11.1. The van der Waals surface area contributed by atoms with Gasteiger partial charge in [-0.15, -0.1) is 0 Å². The van der Waals surface area contributed by atoms with Gasteiger partial charge in [0.1, 0.15) is 5.75 Å². The molecule has 0 radical (unpaired) electrons. The number of ether oxygens (including phenoxy) is 1. The summed E-state index contributed by atoms with van der Waals surface area (Å²) in [5.41, 5.74) is 3.27. The number of piperazine rings is 1. The molecule has 1 N–H and O–H groups in total. The van der Waals surface area contributed by atoms with Crippen LogP contribution in [0.15, 0.2) is 48.5 Å². The van der Waals surface area contributed by atoms with Crippen molar-refractivity contribution in [2.75, 3.05) is 67.1 Å². The maximum absolute atomic E-state index is 12.7. The first-order valence-electron chi connectivity index (χ1n) is 11.1. The Bertz CT molecular complexity index is 861. The Morgan fingerprint density at radius 2 is 1.32 bits per heavy atom. The topological polar surface area (TPSA) is 59.5 Å². The van der Waals surface area contributed by atoms with E-state index < -0.39 is 0 Å². The summed E-state index contributed by atoms with van der Waals surface area (Å²) < 4.78 is 5.58. The molecule has 0 spiro atoms. The van der Waals surface area contributed by atoms with Gasteiger partial charge in [-0.3, -0.25) is 4.90 Å². The highest BCUT2D eigenvalue weighted by molar-refractivity contribution is 5.94. The summed E-state index contributed by atoms with van der Waals surface area (Å²) in [6.07, 6.45) is 0.185. The molecular weight excluding hydrogens is 392 g/mol. The molecule has 2 saturated heterocycles. The molecule has 0 bridgehead atoms. The monoisotopic (exact) mass is 424 g/mol. The van der Waals surface area contributed by atoms with Crippen molar-refractivity contribution in [3.63, 3.8) is 0 Å². The minimum atomic E-state index is 0.0580. The van der Waals surface area contributed by atoms with Crippen LogP contribution in [0.5, 0.6) is 5.75 Å². The highest BCUT2D eigenvalue weighted by Gasteiger charge is 2.29. The molecule has 2 heterocycles. The van der Waals surface area contributed by atoms with Crippen LogP contribution in [0.2, 0.25) is 0 Å². The van der Waals surface area contributed by atoms with Gasteiger partial charge in [0.15, 0.2) is 0 Å². The molecule has 7 heteroatoms. The summed E-state index contributed by atoms with van der Waals surface area (Å²) in [5, 5.41) is 9.48. The van der Waals surface area contributed by atoms with E-state index in [4.69, 9.17) is 4.74 Å². The van der Waals surface area contributed by atoms with Crippen LogP contribution in [0, 0.1) is 0 Å². The number of hydrogen-bond donors (Lipinski definition) is 1. The van der Waals surface area contributed by atoms with E-state index in [-0.39, 0.29) is 12.1 Å². The molecule has 2 aliphatic rings. The fraction of sp³-hybridized carbons (Fsp3) is 0.458. The van der Waals surface area contributed by atoms with Gasteiger partial charge in [0.05, 0.1) is 12.7 Å². The lowest BCUT2D eigenvalue weighted by Gasteiger charge is -2.37. The Hall–Kier alpha value is -2.93. The van der Waals surface area contributed by atoms with Gasteiger partial charge in [-0.05, 0) is 62.4 Å². The van der Waals surface area contributed by atoms with Gasteiger partial charge in [-0.25, -0.2) is 4.79 Å². The number of benzene rings is 2. The van der Waals surface area contributed by atoms with Gasteiger partial charge in [0.2, 0.25) is 0 Å². The predicted octanol–water partition coefficient (Wildman–Crippen LogP) is 3.39. The largest absolute Gasteiger partial charge is 0.508 e. The number of hydrogen-bond acceptors (Lipinski definition) is 5. The van der Waals surface area contributed by atoms with Crippen molar-refractivity contribution in [3.8, 4) is 5.75 Å². The second-order valence-corrected chi connectivity index (χ2v) is 8.35. The Morgan fingerprint density at radius 1 is 0.806 bits per heavy atom. The van der Waals surface area contributed by atoms with Crippen LogP contribution in [0.4, 0.5) is 21.9 Å². The minimum Gasteiger partial charge on any atom is -0.508 e. The van der Waals surface area contributed by atoms with Crippen LogP contribution in [0.3, 0.4) is 0 Å². The van der Waals surface area contributed by atoms with Crippen LogP contribution < -0.4 is 14.7 Å². The summed E-state index contributed by atoms with van der Waals surface area (Å²) in [6, 6.07) is 15.8. The molecule has 0 unspecified atom stereocenters. The average Bonchev–Trinajstić information content (AvgIpc) is 3.15. The molecule has 0 aromatic heterocycles. The van der Waals surface area contributed by atoms with E-state index in [1.165, 1.54) is 5.69 Å². The number of rotatable bonds is 7. The third kappa shape index (κ3) is 5.05. The van der Waals surface area contributed by atoms with E-state index in [0.717, 1.165) is 44.1 Å². The van der Waals surface area contributed by atoms with Gasteiger partial charge < -0.3 is 24.5 Å². The SMILES string of the molecule is CC(C)OCCN1CCN(c2ccc(N3CCN(c4ccc(O)cc4)CC3)cc2)C1=O. The van der Waals surface area contributed by atoms with Gasteiger partial charge >= 0.3 is 6.03 Å². The van der Waals surface area contributed by atoms with E-state index in [1.807, 2.05) is 47.9 Å². The Labute approximate surface area is 184 Å². The number of phenols is 1. The van der Waals surface area contributed by atoms with Crippen molar-refractivity contribution in [2.24, 2.45) is 0 Å². The standard InChI is InChI=1S/C24H32N4O3/c1-19(2)31-18-17-27-15-16-28(24(27)30)22-5-3-20(4-6-22)25-11-13-26(14-12-25)21-7-9-23(29)10-8-21/h3-10,19,29H,11-18H2,1-2H3. The second-order valence-electron chi connectivity index (χ2n) is 8.35. The van der Waals surface area contributed by atoms with Crippen molar-refractivity contribution in [2.45, 2.75) is 20.0 Å². The Morgan fingerprint density at radius 3 is 1.87 bits per heavy atom. The summed E-state index contributed by atoms with van der Waals surface area (Å²) in [6.45, 7) is 10.4. The van der Waals surface area contributed by atoms with Crippen molar-refractivity contribution < 1.29 is 14.6 Å². The third-order valence-electron chi connectivity index (χ3n) is 5.93. The van der Waals surface area contributed by atoms with E-state index in [2.05, 4.69) is 21.9 Å². The molecule has 2 amide bonds. The molecule has 2 aromatic carbocycles. The van der Waals surface area contributed by atoms with Crippen LogP contribution in [0.25, 0.3) is 0 Å². The van der Waals surface area contributed by atoms with E-state index in [9.17, 15) is 9.90 Å². The summed E-state index contributed by atoms with van der Waals surface area (Å²) in [5.74, 6) is 0.297. The molecular formula is C24H32N4O3. The second kappa shape index (κ2) is 9.47. The van der Waals surface area contributed by atoms with Gasteiger partial charge in [-0.2, -0.15) is 0 Å². The van der Waals surface area contributed by atoms with Crippen LogP contribution >= 0.6 is 0 Å². The van der Waals surface area contributed by atoms with Crippen molar-refractivity contribution in [1.82, 2.24) is 4.90 Å². The van der Waals surface area contributed by atoms with Crippen LogP contribution in [-0.4, -0.2) is 74.6 Å². The van der Waals surface area contributed by atoms with Gasteiger partial charge in [0.25, 0.3) is 0 Å². The highest BCUT2D eigenvalue weighted by atomic mass is 16.5. The normalized spacial score (nSPS) is 17.2. The number of nitrogens with zero attached hydrogens (tertiary/aromatic N) is 4. The maximum atomic E-state index is 12.7. The van der Waals surface area contributed by atoms with Crippen molar-refractivity contribution in [1.29, 1.82) is 0 Å². The molecule has 0 saturated carbocycles. The lowest BCUT2D eigenvalue weighted by molar-refractivity contribution is 0.0679. The zero-order chi connectivity index (χ0) is 21.8. The van der Waals surface area contributed by atoms with Gasteiger partial charge in [-0.1, -0.05) is 0 Å². The summed E-state index contributed by atoms with van der Waals surface area (Å²) in [7, 11) is 0. The zero-order valence-electron chi connectivity index (χ0n) is 18.4. The quantitative estimate of drug-likeness (QED) is 0.738. The number of amides is 2. The number of carbonyl (C=O) groups is 1. The molecule has 166 valence electrons. The van der Waals surface area contributed by atoms with Crippen LogP contribution in [-0.2, 0) is 4.74 Å². The lowest BCUT2D eigenvalue weighted by atomic mass is 10.2. The number of urea groups is 1. The third-order valence-corrected chi connectivity index (χ3v) is 5.93. The average molecular weight is 425 g/mol. The highest BCUT2D eigenvalue weighted by Crippen LogP contribution is 2.26. The summed E-state index contributed by atoms with van der Waals surface area (Å²) >= 11 is 0. The molecule has 2 aliphatic heterocycles. The van der Waals surface area contributed by atoms with Crippen molar-refractivity contribution >= 4 is 23.1 Å². The first kappa shape index (κ1) is 21.3. The van der Waals surface area contributed by atoms with E-state index in [0.29, 0.717) is 25.4 Å². The summed E-state index contributed by atoms with van der Waals surface area (Å²) in [4.78, 5) is 21.1. The zero-order valence-corrected chi connectivity index (χ0v) is 18.4. The molecule has 7 nitrogen and oxygen atoms in total. The number of anilines is 3. The Kier molecular flexibility index (Phi) is 6.51. The number of phenolic OH excluding ortho intramolecular Hbond substituents is 1. The number of aromatic hydroxyl groups is 1. The Balaban J connectivity index is 1.31. The maximum Gasteiger partial charge on any atom is 0.324 e. The molecule has 0 aliphatic carbocycles. The van der Waals surface area contributed by atoms with Crippen molar-refractivity contribution in [3.05, 3.63) is 48.5 Å². The smallest absolute Gasteiger partial charge is 0.324 e. The number of carbonyl (C=O) groups excluding carboxylic acids is 1. The first-order chi connectivity index (χ1) is 15.0.